The largest absolute Gasteiger partial charge is 0.461 e. The molecular weight excluding hydrogens is 568 g/mol. The van der Waals surface area contributed by atoms with Gasteiger partial charge in [0.1, 0.15) is 24.5 Å². The normalized spacial score (nSPS) is 13.0. The number of nitrogens with one attached hydrogen (secondary N) is 4. The molecule has 0 heterocycles. The molecule has 0 saturated carbocycles. The van der Waals surface area contributed by atoms with Crippen molar-refractivity contribution >= 4 is 41.2 Å². The summed E-state index contributed by atoms with van der Waals surface area (Å²) >= 11 is 0. The number of carbonyl (C=O) groups excluding carboxylic acids is 6. The smallest absolute Gasteiger partial charge is 0.312 e. The van der Waals surface area contributed by atoms with Gasteiger partial charge in [0.2, 0.25) is 17.7 Å². The number of Topliss-reactive ketones (excluding diaryl/α,β-unsaturated/α-hetero) is 1. The zero-order chi connectivity index (χ0) is 33.2. The molecule has 1 aromatic carbocycles. The number of esters is 1. The Labute approximate surface area is 260 Å². The maximum absolute atomic E-state index is 13.4. The van der Waals surface area contributed by atoms with E-state index in [-0.39, 0.29) is 49.6 Å². The van der Waals surface area contributed by atoms with Crippen molar-refractivity contribution < 1.29 is 33.5 Å². The van der Waals surface area contributed by atoms with Gasteiger partial charge in [0, 0.05) is 24.6 Å². The lowest BCUT2D eigenvalue weighted by molar-refractivity contribution is -0.148. The summed E-state index contributed by atoms with van der Waals surface area (Å²) in [6, 6.07) is 4.06. The van der Waals surface area contributed by atoms with E-state index in [4.69, 9.17) is 16.2 Å². The Morgan fingerprint density at radius 2 is 1.50 bits per heavy atom. The molecule has 0 aliphatic carbocycles. The van der Waals surface area contributed by atoms with Gasteiger partial charge in [0.05, 0.1) is 5.92 Å². The highest BCUT2D eigenvalue weighted by Gasteiger charge is 2.31. The van der Waals surface area contributed by atoms with E-state index in [0.29, 0.717) is 37.9 Å². The number of carbonyl (C=O) groups is 6. The lowest BCUT2D eigenvalue weighted by Gasteiger charge is -2.27. The summed E-state index contributed by atoms with van der Waals surface area (Å²) in [6.07, 6.45) is 2.41. The molecule has 0 unspecified atom stereocenters. The molecule has 1 rings (SSSR count). The number of hydrogen-bond acceptors (Lipinski definition) is 8. The minimum absolute atomic E-state index is 0.0552. The van der Waals surface area contributed by atoms with E-state index in [1.165, 1.54) is 6.92 Å². The van der Waals surface area contributed by atoms with E-state index in [1.54, 1.807) is 52.0 Å². The van der Waals surface area contributed by atoms with Gasteiger partial charge in [-0.2, -0.15) is 0 Å². The van der Waals surface area contributed by atoms with Crippen LogP contribution in [0.1, 0.15) is 78.7 Å². The molecule has 0 radical (unpaired) electrons. The molecule has 0 fully saturated rings. The van der Waals surface area contributed by atoms with Crippen molar-refractivity contribution in [2.24, 2.45) is 29.2 Å². The summed E-state index contributed by atoms with van der Waals surface area (Å²) in [6.45, 7) is 9.21. The van der Waals surface area contributed by atoms with Gasteiger partial charge in [-0.05, 0) is 62.8 Å². The van der Waals surface area contributed by atoms with Crippen molar-refractivity contribution in [3.05, 3.63) is 29.8 Å². The third-order valence-corrected chi connectivity index (χ3v) is 6.83. The predicted molar refractivity (Wildman–Crippen MR) is 167 cm³/mol. The molecule has 246 valence electrons. The fourth-order valence-electron chi connectivity index (χ4n) is 4.30. The number of ether oxygens (including phenoxy) is 1. The molecule has 8 N–H and O–H groups in total. The Kier molecular flexibility index (Phi) is 17.3. The second-order valence-electron chi connectivity index (χ2n) is 11.6. The van der Waals surface area contributed by atoms with Crippen LogP contribution in [0.4, 0.5) is 10.5 Å². The number of amides is 5. The Bertz CT molecular complexity index is 1110. The number of anilines is 1. The van der Waals surface area contributed by atoms with Gasteiger partial charge in [0.25, 0.3) is 0 Å². The quantitative estimate of drug-likeness (QED) is 0.0938. The van der Waals surface area contributed by atoms with Crippen LogP contribution in [0.15, 0.2) is 24.3 Å². The molecule has 0 saturated heterocycles. The van der Waals surface area contributed by atoms with Crippen molar-refractivity contribution in [1.82, 2.24) is 16.0 Å². The fourth-order valence-corrected chi connectivity index (χ4v) is 4.30. The Morgan fingerprint density at radius 1 is 0.841 bits per heavy atom. The second kappa shape index (κ2) is 20.0. The highest BCUT2D eigenvalue weighted by Crippen LogP contribution is 2.16. The first-order valence-electron chi connectivity index (χ1n) is 15.1. The number of primary amides is 1. The van der Waals surface area contributed by atoms with Gasteiger partial charge in [-0.25, -0.2) is 4.79 Å². The summed E-state index contributed by atoms with van der Waals surface area (Å²) < 4.78 is 5.23. The number of nitrogens with two attached hydrogens (primary N) is 2. The molecule has 0 spiro atoms. The van der Waals surface area contributed by atoms with Crippen LogP contribution in [-0.2, 0) is 35.3 Å². The topological polar surface area (TPSA) is 212 Å². The van der Waals surface area contributed by atoms with Gasteiger partial charge in [0.15, 0.2) is 0 Å². The van der Waals surface area contributed by atoms with Crippen molar-refractivity contribution in [2.75, 3.05) is 18.4 Å². The number of unbranched alkanes of at least 4 members (excludes halogenated alkanes) is 1. The van der Waals surface area contributed by atoms with Crippen molar-refractivity contribution in [3.8, 4) is 0 Å². The SMILES string of the molecule is CC(=O)C[C@@H](CCCCN)C(=O)N[C@H](C(=O)N[C@@H](CCCNC(N)=O)C(=O)Nc1ccc(COC(=O)C(C)C)cc1)C(C)C. The summed E-state index contributed by atoms with van der Waals surface area (Å²) in [4.78, 5) is 74.5. The van der Waals surface area contributed by atoms with Crippen LogP contribution in [0, 0.1) is 17.8 Å². The van der Waals surface area contributed by atoms with E-state index >= 15 is 0 Å². The van der Waals surface area contributed by atoms with Crippen molar-refractivity contribution in [3.63, 3.8) is 0 Å². The molecule has 0 aliphatic heterocycles. The highest BCUT2D eigenvalue weighted by atomic mass is 16.5. The first kappa shape index (κ1) is 38.0. The average Bonchev–Trinajstić information content (AvgIpc) is 2.95. The number of benzene rings is 1. The molecule has 5 amide bonds. The van der Waals surface area contributed by atoms with Crippen LogP contribution in [0.5, 0.6) is 0 Å². The van der Waals surface area contributed by atoms with Crippen LogP contribution >= 0.6 is 0 Å². The van der Waals surface area contributed by atoms with Crippen molar-refractivity contribution in [1.29, 1.82) is 0 Å². The lowest BCUT2D eigenvalue weighted by atomic mass is 9.94. The van der Waals surface area contributed by atoms with Crippen molar-refractivity contribution in [2.45, 2.75) is 91.8 Å². The summed E-state index contributed by atoms with van der Waals surface area (Å²) in [5, 5.41) is 10.8. The van der Waals surface area contributed by atoms with Gasteiger partial charge >= 0.3 is 12.0 Å². The lowest BCUT2D eigenvalue weighted by Crippen LogP contribution is -2.55. The van der Waals surface area contributed by atoms with Gasteiger partial charge < -0.3 is 42.3 Å². The number of urea groups is 1. The summed E-state index contributed by atoms with van der Waals surface area (Å²) in [7, 11) is 0. The van der Waals surface area contributed by atoms with Crippen LogP contribution < -0.4 is 32.7 Å². The zero-order valence-corrected chi connectivity index (χ0v) is 26.6. The molecule has 44 heavy (non-hydrogen) atoms. The standard InChI is InChI=1S/C31H50N6O7/c1-19(2)26(37-27(39)23(17-21(5)38)9-6-7-15-32)29(41)36-25(10-8-16-34-31(33)43)28(40)35-24-13-11-22(12-14-24)18-44-30(42)20(3)4/h11-14,19-20,23,25-26H,6-10,15-18,32H2,1-5H3,(H,35,40)(H,36,41)(H,37,39)(H3,33,34,43)/t23-,25+,26+/m1/s1. The fraction of sp³-hybridized carbons (Fsp3) is 0.613. The second-order valence-corrected chi connectivity index (χ2v) is 11.6. The molecule has 13 nitrogen and oxygen atoms in total. The Hall–Kier alpha value is -4.00. The summed E-state index contributed by atoms with van der Waals surface area (Å²) in [5.74, 6) is -3.06. The average molecular weight is 619 g/mol. The van der Waals surface area contributed by atoms with Gasteiger partial charge in [-0.3, -0.25) is 19.2 Å². The first-order chi connectivity index (χ1) is 20.7. The van der Waals surface area contributed by atoms with Crippen LogP contribution in [-0.4, -0.2) is 60.7 Å². The van der Waals surface area contributed by atoms with Gasteiger partial charge in [-0.1, -0.05) is 46.2 Å². The van der Waals surface area contributed by atoms with E-state index < -0.39 is 41.8 Å². The third kappa shape index (κ3) is 14.9. The number of rotatable bonds is 20. The number of ketones is 1. The molecule has 0 aromatic heterocycles. The maximum Gasteiger partial charge on any atom is 0.312 e. The molecule has 1 aromatic rings. The summed E-state index contributed by atoms with van der Waals surface area (Å²) in [5.41, 5.74) is 11.9. The maximum atomic E-state index is 13.4. The number of hydrogen-bond donors (Lipinski definition) is 6. The highest BCUT2D eigenvalue weighted by molar-refractivity contribution is 5.98. The van der Waals surface area contributed by atoms with E-state index in [1.807, 2.05) is 0 Å². The Balaban J connectivity index is 3.01. The first-order valence-corrected chi connectivity index (χ1v) is 15.1. The molecule has 0 aliphatic rings. The van der Waals surface area contributed by atoms with E-state index in [2.05, 4.69) is 21.3 Å². The minimum Gasteiger partial charge on any atom is -0.461 e. The molecule has 13 heteroatoms. The van der Waals surface area contributed by atoms with Crippen LogP contribution in [0.2, 0.25) is 0 Å². The Morgan fingerprint density at radius 3 is 2.05 bits per heavy atom. The van der Waals surface area contributed by atoms with E-state index in [0.717, 1.165) is 5.56 Å². The molecule has 3 atom stereocenters. The van der Waals surface area contributed by atoms with Crippen LogP contribution in [0.3, 0.4) is 0 Å². The predicted octanol–water partition coefficient (Wildman–Crippen LogP) is 2.12. The van der Waals surface area contributed by atoms with Crippen LogP contribution in [0.25, 0.3) is 0 Å². The monoisotopic (exact) mass is 618 g/mol. The molecular formula is C31H50N6O7. The zero-order valence-electron chi connectivity index (χ0n) is 26.6. The van der Waals surface area contributed by atoms with E-state index in [9.17, 15) is 28.8 Å². The molecule has 0 bridgehead atoms. The minimum atomic E-state index is -1.00. The van der Waals surface area contributed by atoms with Gasteiger partial charge in [-0.15, -0.1) is 0 Å². The third-order valence-electron chi connectivity index (χ3n) is 6.83.